The van der Waals surface area contributed by atoms with E-state index in [0.29, 0.717) is 10.8 Å². The molecule has 1 aliphatic carbocycles. The number of piperidine rings is 1. The molecule has 0 spiro atoms. The lowest BCUT2D eigenvalue weighted by molar-refractivity contribution is -0.125. The molecular formula is C14H13N3O2S. The summed E-state index contributed by atoms with van der Waals surface area (Å²) in [5.41, 5.74) is 6.96. The summed E-state index contributed by atoms with van der Waals surface area (Å²) >= 11 is 1.33. The van der Waals surface area contributed by atoms with Crippen LogP contribution in [0.3, 0.4) is 0 Å². The molecule has 102 valence electrons. The predicted molar refractivity (Wildman–Crippen MR) is 77.3 cm³/mol. The van der Waals surface area contributed by atoms with Crippen LogP contribution in [0.25, 0.3) is 10.2 Å². The molecular weight excluding hydrogens is 274 g/mol. The summed E-state index contributed by atoms with van der Waals surface area (Å²) in [6, 6.07) is 5.38. The number of nitrogens with two attached hydrogens (primary N) is 1. The van der Waals surface area contributed by atoms with Gasteiger partial charge in [-0.1, -0.05) is 25.2 Å². The normalized spacial score (nSPS) is 27.2. The van der Waals surface area contributed by atoms with Gasteiger partial charge in [-0.25, -0.2) is 9.88 Å². The number of nitrogen functional groups attached to an aromatic ring is 1. The lowest BCUT2D eigenvalue weighted by atomic mass is 10.1. The molecule has 2 N–H and O–H groups in total. The molecule has 5 nitrogen and oxygen atoms in total. The molecule has 2 amide bonds. The number of hydrogen-bond donors (Lipinski definition) is 1. The first-order valence-corrected chi connectivity index (χ1v) is 7.27. The number of carbonyl (C=O) groups excluding carboxylic acids is 2. The minimum Gasteiger partial charge on any atom is -0.399 e. The molecule has 0 bridgehead atoms. The van der Waals surface area contributed by atoms with Crippen LogP contribution in [0.15, 0.2) is 18.2 Å². The van der Waals surface area contributed by atoms with Gasteiger partial charge in [-0.2, -0.15) is 0 Å². The number of fused-ring (bicyclic) bond motifs is 2. The maximum atomic E-state index is 12.4. The third-order valence-corrected chi connectivity index (χ3v) is 5.40. The van der Waals surface area contributed by atoms with Gasteiger partial charge in [0, 0.05) is 5.69 Å². The first-order chi connectivity index (χ1) is 9.41. The van der Waals surface area contributed by atoms with E-state index in [9.17, 15) is 9.59 Å². The minimum atomic E-state index is -0.189. The Morgan fingerprint density at radius 2 is 1.90 bits per heavy atom. The van der Waals surface area contributed by atoms with Crippen molar-refractivity contribution < 1.29 is 9.59 Å². The number of hydrogen-bond acceptors (Lipinski definition) is 5. The van der Waals surface area contributed by atoms with Gasteiger partial charge in [0.1, 0.15) is 0 Å². The van der Waals surface area contributed by atoms with Crippen LogP contribution >= 0.6 is 11.3 Å². The average molecular weight is 287 g/mol. The highest BCUT2D eigenvalue weighted by atomic mass is 32.1. The fourth-order valence-corrected chi connectivity index (χ4v) is 4.18. The Hall–Kier alpha value is -1.95. The van der Waals surface area contributed by atoms with Gasteiger partial charge < -0.3 is 5.73 Å². The maximum absolute atomic E-state index is 12.4. The summed E-state index contributed by atoms with van der Waals surface area (Å²) in [5.74, 6) is -0.576. The number of rotatable bonds is 1. The van der Waals surface area contributed by atoms with Crippen molar-refractivity contribution in [3.63, 3.8) is 0 Å². The van der Waals surface area contributed by atoms with Crippen LogP contribution in [0.5, 0.6) is 0 Å². The van der Waals surface area contributed by atoms with Crippen molar-refractivity contribution in [1.82, 2.24) is 4.98 Å². The Labute approximate surface area is 119 Å². The van der Waals surface area contributed by atoms with Gasteiger partial charge in [-0.15, -0.1) is 0 Å². The second-order valence-corrected chi connectivity index (χ2v) is 7.02. The molecule has 6 heteroatoms. The summed E-state index contributed by atoms with van der Waals surface area (Å²) < 4.78 is 0.889. The summed E-state index contributed by atoms with van der Waals surface area (Å²) in [5, 5.41) is 0.462. The van der Waals surface area contributed by atoms with Crippen molar-refractivity contribution in [3.05, 3.63) is 18.2 Å². The first-order valence-electron chi connectivity index (χ1n) is 6.45. The van der Waals surface area contributed by atoms with Crippen molar-refractivity contribution in [2.75, 3.05) is 10.6 Å². The zero-order chi connectivity index (χ0) is 14.2. The smallest absolute Gasteiger partial charge is 0.240 e. The molecule has 2 unspecified atom stereocenters. The molecule has 4 rings (SSSR count). The lowest BCUT2D eigenvalue weighted by Crippen LogP contribution is -2.36. The Balaban J connectivity index is 1.78. The van der Waals surface area contributed by atoms with Crippen molar-refractivity contribution in [2.24, 2.45) is 17.3 Å². The van der Waals surface area contributed by atoms with Crippen molar-refractivity contribution in [3.8, 4) is 0 Å². The van der Waals surface area contributed by atoms with Crippen LogP contribution < -0.4 is 10.6 Å². The third kappa shape index (κ3) is 1.29. The Morgan fingerprint density at radius 1 is 1.25 bits per heavy atom. The molecule has 2 atom stereocenters. The predicted octanol–water partition coefficient (Wildman–Crippen LogP) is 2.02. The fraction of sp³-hybridized carbons (Fsp3) is 0.357. The standard InChI is InChI=1S/C14H13N3O2S/c1-14(2)9-10(14)12(19)17(11(9)18)13-16-7-4-3-6(15)5-8(7)20-13/h3-5,9-10H,15H2,1-2H3. The second kappa shape index (κ2) is 3.38. The highest BCUT2D eigenvalue weighted by molar-refractivity contribution is 7.22. The number of nitrogens with zero attached hydrogens (tertiary/aromatic N) is 2. The largest absolute Gasteiger partial charge is 0.399 e. The van der Waals surface area contributed by atoms with Crippen molar-refractivity contribution in [1.29, 1.82) is 0 Å². The molecule has 0 radical (unpaired) electrons. The second-order valence-electron chi connectivity index (χ2n) is 6.01. The topological polar surface area (TPSA) is 76.3 Å². The zero-order valence-corrected chi connectivity index (χ0v) is 11.9. The minimum absolute atomic E-state index is 0.114. The van der Waals surface area contributed by atoms with E-state index in [-0.39, 0.29) is 29.1 Å². The van der Waals surface area contributed by atoms with Crippen LogP contribution in [0, 0.1) is 17.3 Å². The third-order valence-electron chi connectivity index (χ3n) is 4.39. The molecule has 2 aliphatic rings. The molecule has 1 aromatic heterocycles. The highest BCUT2D eigenvalue weighted by Gasteiger charge is 2.73. The molecule has 1 saturated carbocycles. The number of imide groups is 1. The SMILES string of the molecule is CC1(C)C2C(=O)N(c3nc4ccc(N)cc4s3)C(=O)C21. The number of carbonyl (C=O) groups is 2. The number of anilines is 2. The van der Waals surface area contributed by atoms with E-state index in [4.69, 9.17) is 5.73 Å². The Morgan fingerprint density at radius 3 is 2.55 bits per heavy atom. The Kier molecular flexibility index (Phi) is 2.00. The Bertz CT molecular complexity index is 756. The summed E-state index contributed by atoms with van der Waals surface area (Å²) in [6.07, 6.45) is 0. The van der Waals surface area contributed by atoms with Crippen molar-refractivity contribution >= 4 is 44.2 Å². The van der Waals surface area contributed by atoms with E-state index in [0.717, 1.165) is 10.2 Å². The molecule has 20 heavy (non-hydrogen) atoms. The van der Waals surface area contributed by atoms with Crippen LogP contribution in [-0.4, -0.2) is 16.8 Å². The number of benzene rings is 1. The van der Waals surface area contributed by atoms with Crippen molar-refractivity contribution in [2.45, 2.75) is 13.8 Å². The summed E-state index contributed by atoms with van der Waals surface area (Å²) in [6.45, 7) is 3.93. The molecule has 2 aromatic rings. The van der Waals surface area contributed by atoms with Gasteiger partial charge in [0.25, 0.3) is 0 Å². The quantitative estimate of drug-likeness (QED) is 0.643. The molecule has 1 saturated heterocycles. The van der Waals surface area contributed by atoms with Gasteiger partial charge in [0.2, 0.25) is 11.8 Å². The number of thiazole rings is 1. The lowest BCUT2D eigenvalue weighted by Gasteiger charge is -2.17. The monoisotopic (exact) mass is 287 g/mol. The fourth-order valence-electron chi connectivity index (χ4n) is 3.16. The van der Waals surface area contributed by atoms with E-state index in [2.05, 4.69) is 4.98 Å². The van der Waals surface area contributed by atoms with E-state index in [1.54, 1.807) is 12.1 Å². The molecule has 2 heterocycles. The maximum Gasteiger partial charge on any atom is 0.240 e. The summed E-state index contributed by atoms with van der Waals surface area (Å²) in [7, 11) is 0. The van der Waals surface area contributed by atoms with Crippen LogP contribution in [0.1, 0.15) is 13.8 Å². The first kappa shape index (κ1) is 11.8. The van der Waals surface area contributed by atoms with Gasteiger partial charge in [-0.05, 0) is 23.6 Å². The molecule has 2 fully saturated rings. The number of amides is 2. The van der Waals surface area contributed by atoms with Gasteiger partial charge in [-0.3, -0.25) is 9.59 Å². The summed E-state index contributed by atoms with van der Waals surface area (Å²) in [4.78, 5) is 30.4. The average Bonchev–Trinajstić information content (AvgIpc) is 2.67. The van der Waals surface area contributed by atoms with Gasteiger partial charge in [0.15, 0.2) is 5.13 Å². The highest BCUT2D eigenvalue weighted by Crippen LogP contribution is 2.63. The van der Waals surface area contributed by atoms with E-state index < -0.39 is 0 Å². The van der Waals surface area contributed by atoms with E-state index >= 15 is 0 Å². The van der Waals surface area contributed by atoms with Crippen LogP contribution in [-0.2, 0) is 9.59 Å². The van der Waals surface area contributed by atoms with Crippen LogP contribution in [0.4, 0.5) is 10.8 Å². The van der Waals surface area contributed by atoms with Gasteiger partial charge >= 0.3 is 0 Å². The van der Waals surface area contributed by atoms with Gasteiger partial charge in [0.05, 0.1) is 22.1 Å². The van der Waals surface area contributed by atoms with E-state index in [1.165, 1.54) is 16.2 Å². The zero-order valence-electron chi connectivity index (χ0n) is 11.1. The molecule has 1 aromatic carbocycles. The van der Waals surface area contributed by atoms with Crippen LogP contribution in [0.2, 0.25) is 0 Å². The number of aromatic nitrogens is 1. The van der Waals surface area contributed by atoms with E-state index in [1.807, 2.05) is 19.9 Å². The molecule has 1 aliphatic heterocycles.